The van der Waals surface area contributed by atoms with E-state index in [0.717, 1.165) is 39.9 Å². The SMILES string of the molecule is CCn1c(Cn2c(=O)n(-c3ccncc3)c3ccncc32)cc2cc(Cl)ccc21. The van der Waals surface area contributed by atoms with Crippen LogP contribution in [0.5, 0.6) is 0 Å². The lowest BCUT2D eigenvalue weighted by Crippen LogP contribution is -2.24. The lowest BCUT2D eigenvalue weighted by molar-refractivity contribution is 0.675. The minimum absolute atomic E-state index is 0.106. The minimum Gasteiger partial charge on any atom is -0.343 e. The van der Waals surface area contributed by atoms with Crippen molar-refractivity contribution in [3.63, 3.8) is 0 Å². The van der Waals surface area contributed by atoms with Crippen LogP contribution in [0.3, 0.4) is 0 Å². The summed E-state index contributed by atoms with van der Waals surface area (Å²) in [5, 5.41) is 1.77. The van der Waals surface area contributed by atoms with Gasteiger partial charge in [0.1, 0.15) is 0 Å². The number of hydrogen-bond acceptors (Lipinski definition) is 3. The molecule has 1 aromatic carbocycles. The molecule has 144 valence electrons. The van der Waals surface area contributed by atoms with Gasteiger partial charge in [0.25, 0.3) is 0 Å². The molecule has 29 heavy (non-hydrogen) atoms. The highest BCUT2D eigenvalue weighted by molar-refractivity contribution is 6.31. The fourth-order valence-corrected chi connectivity index (χ4v) is 4.14. The van der Waals surface area contributed by atoms with Crippen LogP contribution in [-0.4, -0.2) is 23.7 Å². The van der Waals surface area contributed by atoms with Crippen LogP contribution in [0.1, 0.15) is 12.6 Å². The number of hydrogen-bond donors (Lipinski definition) is 0. The van der Waals surface area contributed by atoms with Crippen LogP contribution in [-0.2, 0) is 13.1 Å². The highest BCUT2D eigenvalue weighted by atomic mass is 35.5. The van der Waals surface area contributed by atoms with E-state index in [0.29, 0.717) is 11.6 Å². The van der Waals surface area contributed by atoms with Gasteiger partial charge in [-0.3, -0.25) is 19.1 Å². The summed E-state index contributed by atoms with van der Waals surface area (Å²) in [5.74, 6) is 0. The van der Waals surface area contributed by atoms with Gasteiger partial charge in [0, 0.05) is 46.8 Å². The predicted octanol–water partition coefficient (Wildman–Crippen LogP) is 4.26. The number of halogens is 1. The smallest absolute Gasteiger partial charge is 0.334 e. The molecule has 0 N–H and O–H groups in total. The highest BCUT2D eigenvalue weighted by Crippen LogP contribution is 2.25. The summed E-state index contributed by atoms with van der Waals surface area (Å²) in [6.45, 7) is 3.35. The maximum absolute atomic E-state index is 13.4. The van der Waals surface area contributed by atoms with Crippen molar-refractivity contribution in [2.45, 2.75) is 20.0 Å². The van der Waals surface area contributed by atoms with E-state index in [9.17, 15) is 4.79 Å². The summed E-state index contributed by atoms with van der Waals surface area (Å²) in [4.78, 5) is 21.7. The van der Waals surface area contributed by atoms with Gasteiger partial charge in [-0.2, -0.15) is 0 Å². The average Bonchev–Trinajstić information content (AvgIpc) is 3.23. The predicted molar refractivity (Wildman–Crippen MR) is 115 cm³/mol. The standard InChI is InChI=1S/C22H18ClN5O/c1-2-26-18(12-15-11-16(23)3-4-19(15)26)14-27-21-13-25-10-7-20(21)28(22(27)29)17-5-8-24-9-6-17/h3-13H,2,14H2,1H3. The van der Waals surface area contributed by atoms with Gasteiger partial charge in [0.05, 0.1) is 29.5 Å². The van der Waals surface area contributed by atoms with E-state index in [1.807, 2.05) is 36.4 Å². The largest absolute Gasteiger partial charge is 0.343 e. The Morgan fingerprint density at radius 2 is 1.69 bits per heavy atom. The molecule has 0 spiro atoms. The lowest BCUT2D eigenvalue weighted by atomic mass is 10.2. The van der Waals surface area contributed by atoms with Crippen molar-refractivity contribution >= 4 is 33.5 Å². The minimum atomic E-state index is -0.106. The molecule has 5 aromatic rings. The number of benzene rings is 1. The molecule has 4 aromatic heterocycles. The normalized spacial score (nSPS) is 11.5. The molecule has 0 bridgehead atoms. The number of imidazole rings is 1. The molecule has 0 aliphatic rings. The summed E-state index contributed by atoms with van der Waals surface area (Å²) >= 11 is 6.18. The number of aromatic nitrogens is 5. The van der Waals surface area contributed by atoms with Crippen LogP contribution in [0.4, 0.5) is 0 Å². The second kappa shape index (κ2) is 6.90. The van der Waals surface area contributed by atoms with Gasteiger partial charge >= 0.3 is 5.69 Å². The van der Waals surface area contributed by atoms with E-state index < -0.39 is 0 Å². The van der Waals surface area contributed by atoms with Crippen molar-refractivity contribution in [1.82, 2.24) is 23.7 Å². The fourth-order valence-electron chi connectivity index (χ4n) is 3.96. The first kappa shape index (κ1) is 17.7. The van der Waals surface area contributed by atoms with Crippen LogP contribution in [0.2, 0.25) is 5.02 Å². The van der Waals surface area contributed by atoms with Gasteiger partial charge in [0.2, 0.25) is 0 Å². The van der Waals surface area contributed by atoms with Crippen LogP contribution < -0.4 is 5.69 Å². The van der Waals surface area contributed by atoms with Crippen molar-refractivity contribution < 1.29 is 0 Å². The first-order chi connectivity index (χ1) is 14.2. The molecule has 0 saturated heterocycles. The van der Waals surface area contributed by atoms with Crippen LogP contribution in [0.15, 0.2) is 72.0 Å². The molecule has 7 heteroatoms. The fraction of sp³-hybridized carbons (Fsp3) is 0.136. The van der Waals surface area contributed by atoms with Crippen molar-refractivity contribution in [3.05, 3.63) is 88.5 Å². The average molecular weight is 404 g/mol. The van der Waals surface area contributed by atoms with Crippen LogP contribution in [0, 0.1) is 0 Å². The Kier molecular flexibility index (Phi) is 4.21. The number of nitrogens with zero attached hydrogens (tertiary/aromatic N) is 5. The zero-order valence-electron chi connectivity index (χ0n) is 15.8. The van der Waals surface area contributed by atoms with E-state index in [1.165, 1.54) is 0 Å². The Bertz CT molecular complexity index is 1400. The van der Waals surface area contributed by atoms with Gasteiger partial charge in [-0.25, -0.2) is 4.79 Å². The highest BCUT2D eigenvalue weighted by Gasteiger charge is 2.17. The molecule has 0 unspecified atom stereocenters. The third-order valence-electron chi connectivity index (χ3n) is 5.24. The van der Waals surface area contributed by atoms with Crippen LogP contribution >= 0.6 is 11.6 Å². The quantitative estimate of drug-likeness (QED) is 0.450. The Morgan fingerprint density at radius 3 is 2.48 bits per heavy atom. The molecule has 0 saturated carbocycles. The molecule has 0 radical (unpaired) electrons. The van der Waals surface area contributed by atoms with E-state index in [2.05, 4.69) is 27.5 Å². The molecule has 0 atom stereocenters. The van der Waals surface area contributed by atoms with Crippen molar-refractivity contribution in [2.24, 2.45) is 0 Å². The Hall–Kier alpha value is -3.38. The van der Waals surface area contributed by atoms with E-state index in [4.69, 9.17) is 11.6 Å². The molecule has 0 aliphatic carbocycles. The van der Waals surface area contributed by atoms with Gasteiger partial charge < -0.3 is 4.57 Å². The maximum Gasteiger partial charge on any atom is 0.334 e. The molecule has 5 rings (SSSR count). The van der Waals surface area contributed by atoms with Crippen molar-refractivity contribution in [3.8, 4) is 5.69 Å². The number of pyridine rings is 2. The molecule has 0 fully saturated rings. The van der Waals surface area contributed by atoms with Gasteiger partial charge in [-0.05, 0) is 49.4 Å². The zero-order chi connectivity index (χ0) is 20.0. The molecule has 0 aliphatic heterocycles. The van der Waals surface area contributed by atoms with Crippen LogP contribution in [0.25, 0.3) is 27.6 Å². The third-order valence-corrected chi connectivity index (χ3v) is 5.47. The first-order valence-electron chi connectivity index (χ1n) is 9.40. The first-order valence-corrected chi connectivity index (χ1v) is 9.78. The van der Waals surface area contributed by atoms with Crippen molar-refractivity contribution in [2.75, 3.05) is 0 Å². The van der Waals surface area contributed by atoms with E-state index in [1.54, 1.807) is 33.9 Å². The third kappa shape index (κ3) is 2.84. The zero-order valence-corrected chi connectivity index (χ0v) is 16.5. The van der Waals surface area contributed by atoms with E-state index in [-0.39, 0.29) is 5.69 Å². The lowest BCUT2D eigenvalue weighted by Gasteiger charge is -2.09. The summed E-state index contributed by atoms with van der Waals surface area (Å²) in [6.07, 6.45) is 6.81. The maximum atomic E-state index is 13.4. The van der Waals surface area contributed by atoms with Crippen molar-refractivity contribution in [1.29, 1.82) is 0 Å². The Balaban J connectivity index is 1.72. The second-order valence-corrected chi connectivity index (χ2v) is 7.29. The number of aryl methyl sites for hydroxylation is 1. The number of fused-ring (bicyclic) bond motifs is 2. The van der Waals surface area contributed by atoms with Gasteiger partial charge in [0.15, 0.2) is 0 Å². The topological polar surface area (TPSA) is 57.6 Å². The Labute approximate surface area is 171 Å². The molecular weight excluding hydrogens is 386 g/mol. The van der Waals surface area contributed by atoms with E-state index >= 15 is 0 Å². The summed E-state index contributed by atoms with van der Waals surface area (Å²) < 4.78 is 5.68. The molecule has 6 nitrogen and oxygen atoms in total. The molecule has 4 heterocycles. The summed E-state index contributed by atoms with van der Waals surface area (Å²) in [5.41, 5.74) is 4.44. The number of rotatable bonds is 4. The van der Waals surface area contributed by atoms with Gasteiger partial charge in [-0.15, -0.1) is 0 Å². The van der Waals surface area contributed by atoms with Gasteiger partial charge in [-0.1, -0.05) is 11.6 Å². The molecular formula is C22H18ClN5O. The summed E-state index contributed by atoms with van der Waals surface area (Å²) in [7, 11) is 0. The second-order valence-electron chi connectivity index (χ2n) is 6.86. The summed E-state index contributed by atoms with van der Waals surface area (Å²) in [6, 6.07) is 13.5. The Morgan fingerprint density at radius 1 is 0.897 bits per heavy atom. The monoisotopic (exact) mass is 403 g/mol. The molecule has 0 amide bonds.